The molecule has 2 aromatic carbocycles. The molecule has 0 unspecified atom stereocenters. The Hall–Kier alpha value is -2.26. The number of rotatable bonds is 2. The predicted octanol–water partition coefficient (Wildman–Crippen LogP) is 4.13. The lowest BCUT2D eigenvalue weighted by molar-refractivity contribution is -0.206. The van der Waals surface area contributed by atoms with Crippen LogP contribution in [0.25, 0.3) is 5.76 Å². The quantitative estimate of drug-likeness (QED) is 0.782. The number of esters is 1. The van der Waals surface area contributed by atoms with E-state index in [0.717, 1.165) is 11.1 Å². The molecule has 3 rings (SSSR count). The Morgan fingerprint density at radius 3 is 2.29 bits per heavy atom. The van der Waals surface area contributed by atoms with E-state index >= 15 is 0 Å². The maximum absolute atomic E-state index is 11.9. The summed E-state index contributed by atoms with van der Waals surface area (Å²) in [5.41, 5.74) is 1.55. The zero-order valence-corrected chi connectivity index (χ0v) is 12.1. The molecule has 0 aliphatic carbocycles. The van der Waals surface area contributed by atoms with E-state index in [9.17, 15) is 4.79 Å². The lowest BCUT2D eigenvalue weighted by atomic mass is 10.1. The lowest BCUT2D eigenvalue weighted by Gasteiger charge is -2.34. The fourth-order valence-corrected chi connectivity index (χ4v) is 2.33. The molecule has 1 heterocycles. The number of hydrogen-bond donors (Lipinski definition) is 0. The molecule has 0 saturated carbocycles. The van der Waals surface area contributed by atoms with Crippen LogP contribution in [0.1, 0.15) is 18.1 Å². The van der Waals surface area contributed by atoms with Crippen LogP contribution in [0.5, 0.6) is 0 Å². The second-order valence-corrected chi connectivity index (χ2v) is 5.29. The first-order valence-corrected chi connectivity index (χ1v) is 6.90. The summed E-state index contributed by atoms with van der Waals surface area (Å²) in [6, 6.07) is 16.5. The molecular weight excluding hydrogens is 288 g/mol. The van der Waals surface area contributed by atoms with Gasteiger partial charge in [-0.15, -0.1) is 0 Å². The van der Waals surface area contributed by atoms with Gasteiger partial charge in [-0.3, -0.25) is 0 Å². The third kappa shape index (κ3) is 2.78. The fraction of sp³-hybridized carbons (Fsp3) is 0.118. The molecule has 1 aliphatic rings. The number of cyclic esters (lactones) is 1. The van der Waals surface area contributed by atoms with Crippen molar-refractivity contribution in [1.82, 2.24) is 0 Å². The van der Waals surface area contributed by atoms with Gasteiger partial charge in [0.05, 0.1) is 6.08 Å². The van der Waals surface area contributed by atoms with Crippen LogP contribution in [-0.2, 0) is 20.1 Å². The molecule has 21 heavy (non-hydrogen) atoms. The van der Waals surface area contributed by atoms with Crippen molar-refractivity contribution in [2.75, 3.05) is 0 Å². The highest BCUT2D eigenvalue weighted by molar-refractivity contribution is 6.30. The van der Waals surface area contributed by atoms with Gasteiger partial charge in [0, 0.05) is 23.1 Å². The van der Waals surface area contributed by atoms with Gasteiger partial charge in [0.1, 0.15) is 5.76 Å². The van der Waals surface area contributed by atoms with Gasteiger partial charge in [0.2, 0.25) is 0 Å². The Balaban J connectivity index is 1.97. The van der Waals surface area contributed by atoms with E-state index in [4.69, 9.17) is 21.1 Å². The third-order valence-corrected chi connectivity index (χ3v) is 3.53. The Labute approximate surface area is 127 Å². The van der Waals surface area contributed by atoms with Crippen molar-refractivity contribution in [2.45, 2.75) is 12.7 Å². The van der Waals surface area contributed by atoms with Crippen molar-refractivity contribution in [3.05, 3.63) is 76.8 Å². The maximum Gasteiger partial charge on any atom is 0.338 e. The van der Waals surface area contributed by atoms with E-state index in [1.54, 1.807) is 31.2 Å². The molecule has 4 heteroatoms. The van der Waals surface area contributed by atoms with Crippen LogP contribution in [0.4, 0.5) is 0 Å². The lowest BCUT2D eigenvalue weighted by Crippen LogP contribution is -2.34. The van der Waals surface area contributed by atoms with Gasteiger partial charge in [-0.2, -0.15) is 0 Å². The molecule has 1 aliphatic heterocycles. The molecule has 106 valence electrons. The van der Waals surface area contributed by atoms with Gasteiger partial charge in [0.15, 0.2) is 0 Å². The molecule has 0 spiro atoms. The summed E-state index contributed by atoms with van der Waals surface area (Å²) in [7, 11) is 0. The van der Waals surface area contributed by atoms with Gasteiger partial charge in [-0.25, -0.2) is 4.79 Å². The second kappa shape index (κ2) is 5.26. The molecular formula is C17H13ClO3. The molecule has 0 amide bonds. The average Bonchev–Trinajstić information content (AvgIpc) is 2.48. The first-order valence-electron chi connectivity index (χ1n) is 6.52. The largest absolute Gasteiger partial charge is 0.447 e. The molecule has 0 radical (unpaired) electrons. The van der Waals surface area contributed by atoms with E-state index < -0.39 is 11.8 Å². The van der Waals surface area contributed by atoms with Crippen LogP contribution < -0.4 is 0 Å². The highest BCUT2D eigenvalue weighted by Crippen LogP contribution is 2.36. The van der Waals surface area contributed by atoms with E-state index in [1.165, 1.54) is 6.08 Å². The number of halogens is 1. The second-order valence-electron chi connectivity index (χ2n) is 4.85. The third-order valence-electron chi connectivity index (χ3n) is 3.28. The molecule has 3 nitrogen and oxygen atoms in total. The first-order chi connectivity index (χ1) is 10.1. The van der Waals surface area contributed by atoms with Gasteiger partial charge < -0.3 is 9.47 Å². The van der Waals surface area contributed by atoms with Crippen molar-refractivity contribution < 1.29 is 14.3 Å². The van der Waals surface area contributed by atoms with Crippen molar-refractivity contribution in [3.63, 3.8) is 0 Å². The number of benzene rings is 2. The predicted molar refractivity (Wildman–Crippen MR) is 80.4 cm³/mol. The normalized spacial score (nSPS) is 21.2. The summed E-state index contributed by atoms with van der Waals surface area (Å²) in [4.78, 5) is 11.9. The summed E-state index contributed by atoms with van der Waals surface area (Å²) >= 11 is 5.88. The SMILES string of the molecule is C[C@]1(c2ccccc2)OC(=O)C=C(c2ccc(Cl)cc2)O1. The minimum atomic E-state index is -1.14. The van der Waals surface area contributed by atoms with Crippen molar-refractivity contribution in [3.8, 4) is 0 Å². The molecule has 1 atom stereocenters. The van der Waals surface area contributed by atoms with E-state index in [0.29, 0.717) is 10.8 Å². The zero-order valence-electron chi connectivity index (χ0n) is 11.4. The van der Waals surface area contributed by atoms with E-state index in [1.807, 2.05) is 30.3 Å². The number of carbonyl (C=O) groups excluding carboxylic acids is 1. The summed E-state index contributed by atoms with van der Waals surface area (Å²) < 4.78 is 11.3. The molecule has 0 aromatic heterocycles. The van der Waals surface area contributed by atoms with E-state index in [2.05, 4.69) is 0 Å². The minimum absolute atomic E-state index is 0.433. The smallest absolute Gasteiger partial charge is 0.338 e. The number of hydrogen-bond acceptors (Lipinski definition) is 3. The van der Waals surface area contributed by atoms with Crippen LogP contribution in [0.2, 0.25) is 5.02 Å². The first kappa shape index (κ1) is 13.7. The Kier molecular flexibility index (Phi) is 3.43. The summed E-state index contributed by atoms with van der Waals surface area (Å²) in [6.07, 6.45) is 1.34. The summed E-state index contributed by atoms with van der Waals surface area (Å²) in [5.74, 6) is -1.10. The molecule has 0 fully saturated rings. The number of carbonyl (C=O) groups is 1. The van der Waals surface area contributed by atoms with Crippen LogP contribution in [0.3, 0.4) is 0 Å². The molecule has 2 aromatic rings. The zero-order chi connectivity index (χ0) is 14.9. The van der Waals surface area contributed by atoms with Crippen LogP contribution in [-0.4, -0.2) is 5.97 Å². The molecule has 0 N–H and O–H groups in total. The number of ether oxygens (including phenoxy) is 2. The highest BCUT2D eigenvalue weighted by atomic mass is 35.5. The van der Waals surface area contributed by atoms with Gasteiger partial charge in [-0.1, -0.05) is 41.9 Å². The Morgan fingerprint density at radius 1 is 0.952 bits per heavy atom. The molecule has 0 bridgehead atoms. The van der Waals surface area contributed by atoms with Crippen molar-refractivity contribution in [1.29, 1.82) is 0 Å². The standard InChI is InChI=1S/C17H13ClO3/c1-17(13-5-3-2-4-6-13)20-15(11-16(19)21-17)12-7-9-14(18)10-8-12/h2-11H,1H3/t17-/m1/s1. The van der Waals surface area contributed by atoms with Crippen molar-refractivity contribution in [2.24, 2.45) is 0 Å². The van der Waals surface area contributed by atoms with Crippen LogP contribution >= 0.6 is 11.6 Å². The maximum atomic E-state index is 11.9. The van der Waals surface area contributed by atoms with E-state index in [-0.39, 0.29) is 0 Å². The van der Waals surface area contributed by atoms with Crippen molar-refractivity contribution >= 4 is 23.3 Å². The summed E-state index contributed by atoms with van der Waals surface area (Å²) in [6.45, 7) is 1.73. The topological polar surface area (TPSA) is 35.5 Å². The minimum Gasteiger partial charge on any atom is -0.447 e. The monoisotopic (exact) mass is 300 g/mol. The highest BCUT2D eigenvalue weighted by Gasteiger charge is 2.37. The Morgan fingerprint density at radius 2 is 1.62 bits per heavy atom. The Bertz CT molecular complexity index is 692. The van der Waals surface area contributed by atoms with Gasteiger partial charge in [-0.05, 0) is 24.3 Å². The van der Waals surface area contributed by atoms with Crippen LogP contribution in [0.15, 0.2) is 60.7 Å². The fourth-order valence-electron chi connectivity index (χ4n) is 2.20. The summed E-state index contributed by atoms with van der Waals surface area (Å²) in [5, 5.41) is 0.628. The van der Waals surface area contributed by atoms with Crippen LogP contribution in [0, 0.1) is 0 Å². The van der Waals surface area contributed by atoms with Gasteiger partial charge >= 0.3 is 5.97 Å². The average molecular weight is 301 g/mol. The van der Waals surface area contributed by atoms with Gasteiger partial charge in [0.25, 0.3) is 5.79 Å². The molecule has 0 saturated heterocycles.